The van der Waals surface area contributed by atoms with Crippen LogP contribution in [0.1, 0.15) is 6.42 Å². The molecule has 2 N–H and O–H groups in total. The smallest absolute Gasteiger partial charge is 0.228 e. The molecule has 9 heteroatoms. The number of halogens is 3. The molecule has 1 heterocycles. The summed E-state index contributed by atoms with van der Waals surface area (Å²) in [5, 5.41) is 3.98. The van der Waals surface area contributed by atoms with Gasteiger partial charge in [-0.1, -0.05) is 27.5 Å². The zero-order valence-corrected chi connectivity index (χ0v) is 12.6. The monoisotopic (exact) mass is 370 g/mol. The Balaban J connectivity index is 2.42. The Bertz CT molecular complexity index is 629. The standard InChI is InChI=1S/C10H9BrClFN2O3S/c11-5-1-7(12)10(8(13)2-5)15-4-6(3-9(15)16)19(14,17)18/h1-2,6H,3-4H2,(H2,14,17,18). The fraction of sp³-hybridized carbons (Fsp3) is 0.300. The number of carbonyl (C=O) groups is 1. The van der Waals surface area contributed by atoms with Crippen LogP contribution in [0.5, 0.6) is 0 Å². The van der Waals surface area contributed by atoms with E-state index in [-0.39, 0.29) is 23.7 Å². The van der Waals surface area contributed by atoms with Crippen molar-refractivity contribution >= 4 is 49.1 Å². The Morgan fingerprint density at radius 2 is 2.11 bits per heavy atom. The molecule has 1 unspecified atom stereocenters. The van der Waals surface area contributed by atoms with E-state index < -0.39 is 27.0 Å². The molecule has 0 bridgehead atoms. The number of hydrogen-bond donors (Lipinski definition) is 1. The topological polar surface area (TPSA) is 80.5 Å². The maximum absolute atomic E-state index is 13.9. The molecule has 1 fully saturated rings. The highest BCUT2D eigenvalue weighted by molar-refractivity contribution is 9.10. The highest BCUT2D eigenvalue weighted by Crippen LogP contribution is 2.35. The summed E-state index contributed by atoms with van der Waals surface area (Å²) in [5.74, 6) is -1.23. The average molecular weight is 372 g/mol. The van der Waals surface area contributed by atoms with Crippen LogP contribution in [0.4, 0.5) is 10.1 Å². The first-order valence-electron chi connectivity index (χ1n) is 5.16. The lowest BCUT2D eigenvalue weighted by Crippen LogP contribution is -2.32. The van der Waals surface area contributed by atoms with E-state index in [1.807, 2.05) is 0 Å². The first kappa shape index (κ1) is 14.7. The molecule has 0 saturated carbocycles. The van der Waals surface area contributed by atoms with Gasteiger partial charge in [0, 0.05) is 17.4 Å². The van der Waals surface area contributed by atoms with E-state index in [1.165, 1.54) is 6.07 Å². The average Bonchev–Trinajstić information content (AvgIpc) is 2.59. The van der Waals surface area contributed by atoms with Crippen LogP contribution in [-0.2, 0) is 14.8 Å². The molecule has 1 aliphatic rings. The quantitative estimate of drug-likeness (QED) is 0.858. The Labute approximate surface area is 122 Å². The number of carbonyl (C=O) groups excluding carboxylic acids is 1. The molecule has 1 aromatic carbocycles. The summed E-state index contributed by atoms with van der Waals surface area (Å²) in [6.45, 7) is -0.198. The van der Waals surface area contributed by atoms with Crippen LogP contribution < -0.4 is 10.0 Å². The minimum atomic E-state index is -3.85. The summed E-state index contributed by atoms with van der Waals surface area (Å²) in [5.41, 5.74) is -0.124. The Hall–Kier alpha value is -0.700. The Kier molecular flexibility index (Phi) is 3.87. The van der Waals surface area contributed by atoms with E-state index in [2.05, 4.69) is 15.9 Å². The van der Waals surface area contributed by atoms with Gasteiger partial charge in [0.05, 0.1) is 10.7 Å². The third kappa shape index (κ3) is 2.91. The third-order valence-electron chi connectivity index (χ3n) is 2.81. The molecule has 0 aromatic heterocycles. The number of benzene rings is 1. The molecule has 0 spiro atoms. The van der Waals surface area contributed by atoms with Gasteiger partial charge in [0.1, 0.15) is 11.1 Å². The second kappa shape index (κ2) is 5.01. The zero-order chi connectivity index (χ0) is 14.4. The third-order valence-corrected chi connectivity index (χ3v) is 4.80. The molecular weight excluding hydrogens is 363 g/mol. The second-order valence-corrected chi connectivity index (χ2v) is 7.31. The lowest BCUT2D eigenvalue weighted by Gasteiger charge is -2.18. The molecule has 2 rings (SSSR count). The van der Waals surface area contributed by atoms with E-state index >= 15 is 0 Å². The van der Waals surface area contributed by atoms with E-state index in [0.29, 0.717) is 4.47 Å². The lowest BCUT2D eigenvalue weighted by atomic mass is 10.3. The number of primary sulfonamides is 1. The summed E-state index contributed by atoms with van der Waals surface area (Å²) in [6.07, 6.45) is -0.273. The molecule has 1 saturated heterocycles. The number of sulfonamides is 1. The Morgan fingerprint density at radius 1 is 1.47 bits per heavy atom. The zero-order valence-electron chi connectivity index (χ0n) is 9.44. The fourth-order valence-corrected chi connectivity index (χ4v) is 3.51. The van der Waals surface area contributed by atoms with Gasteiger partial charge in [-0.25, -0.2) is 17.9 Å². The lowest BCUT2D eigenvalue weighted by molar-refractivity contribution is -0.117. The molecule has 19 heavy (non-hydrogen) atoms. The number of amides is 1. The van der Waals surface area contributed by atoms with Crippen molar-refractivity contribution in [3.63, 3.8) is 0 Å². The first-order valence-corrected chi connectivity index (χ1v) is 7.94. The van der Waals surface area contributed by atoms with Gasteiger partial charge in [-0.3, -0.25) is 4.79 Å². The normalized spacial score (nSPS) is 20.1. The minimum Gasteiger partial charge on any atom is -0.307 e. The second-order valence-electron chi connectivity index (χ2n) is 4.14. The van der Waals surface area contributed by atoms with Gasteiger partial charge in [0.2, 0.25) is 15.9 Å². The highest BCUT2D eigenvalue weighted by atomic mass is 79.9. The summed E-state index contributed by atoms with van der Waals surface area (Å²) in [7, 11) is -3.85. The van der Waals surface area contributed by atoms with Gasteiger partial charge < -0.3 is 4.90 Å². The van der Waals surface area contributed by atoms with Crippen molar-refractivity contribution in [3.05, 3.63) is 27.4 Å². The van der Waals surface area contributed by atoms with Crippen molar-refractivity contribution < 1.29 is 17.6 Å². The van der Waals surface area contributed by atoms with Crippen molar-refractivity contribution in [2.24, 2.45) is 5.14 Å². The van der Waals surface area contributed by atoms with Crippen molar-refractivity contribution in [3.8, 4) is 0 Å². The Morgan fingerprint density at radius 3 is 2.58 bits per heavy atom. The van der Waals surface area contributed by atoms with Crippen molar-refractivity contribution in [2.75, 3.05) is 11.4 Å². The number of rotatable bonds is 2. The molecule has 1 aromatic rings. The fourth-order valence-electron chi connectivity index (χ4n) is 1.90. The maximum atomic E-state index is 13.9. The first-order chi connectivity index (χ1) is 8.70. The molecular formula is C10H9BrClFN2O3S. The van der Waals surface area contributed by atoms with Crippen molar-refractivity contribution in [1.29, 1.82) is 0 Å². The molecule has 1 atom stereocenters. The summed E-state index contributed by atoms with van der Waals surface area (Å²) in [4.78, 5) is 12.8. The van der Waals surface area contributed by atoms with Crippen LogP contribution in [0.2, 0.25) is 5.02 Å². The predicted molar refractivity (Wildman–Crippen MR) is 73.0 cm³/mol. The van der Waals surface area contributed by atoms with Gasteiger partial charge in [-0.2, -0.15) is 0 Å². The molecule has 5 nitrogen and oxygen atoms in total. The number of nitrogens with two attached hydrogens (primary N) is 1. The van der Waals surface area contributed by atoms with Gasteiger partial charge in [0.25, 0.3) is 0 Å². The van der Waals surface area contributed by atoms with Crippen LogP contribution in [0.3, 0.4) is 0 Å². The van der Waals surface area contributed by atoms with Gasteiger partial charge in [-0.05, 0) is 12.1 Å². The minimum absolute atomic E-state index is 0.0234. The largest absolute Gasteiger partial charge is 0.307 e. The predicted octanol–water partition coefficient (Wildman–Crippen LogP) is 1.64. The molecule has 1 aliphatic heterocycles. The van der Waals surface area contributed by atoms with Crippen molar-refractivity contribution in [2.45, 2.75) is 11.7 Å². The number of hydrogen-bond acceptors (Lipinski definition) is 3. The summed E-state index contributed by atoms with van der Waals surface area (Å²) < 4.78 is 36.8. The van der Waals surface area contributed by atoms with Gasteiger partial charge in [-0.15, -0.1) is 0 Å². The van der Waals surface area contributed by atoms with Crippen molar-refractivity contribution in [1.82, 2.24) is 0 Å². The van der Waals surface area contributed by atoms with E-state index in [1.54, 1.807) is 0 Å². The van der Waals surface area contributed by atoms with Crippen LogP contribution in [-0.4, -0.2) is 26.1 Å². The SMILES string of the molecule is NS(=O)(=O)C1CC(=O)N(c2c(F)cc(Br)cc2Cl)C1. The maximum Gasteiger partial charge on any atom is 0.228 e. The van der Waals surface area contributed by atoms with E-state index in [9.17, 15) is 17.6 Å². The summed E-state index contributed by atoms with van der Waals surface area (Å²) in [6, 6.07) is 2.58. The van der Waals surface area contributed by atoms with Crippen LogP contribution in [0.15, 0.2) is 16.6 Å². The number of anilines is 1. The summed E-state index contributed by atoms with van der Waals surface area (Å²) >= 11 is 8.97. The van der Waals surface area contributed by atoms with E-state index in [0.717, 1.165) is 11.0 Å². The molecule has 0 aliphatic carbocycles. The van der Waals surface area contributed by atoms with Gasteiger partial charge in [0.15, 0.2) is 0 Å². The molecule has 0 radical (unpaired) electrons. The van der Waals surface area contributed by atoms with E-state index in [4.69, 9.17) is 16.7 Å². The van der Waals surface area contributed by atoms with Crippen LogP contribution in [0, 0.1) is 5.82 Å². The molecule has 104 valence electrons. The molecule has 1 amide bonds. The highest BCUT2D eigenvalue weighted by Gasteiger charge is 2.38. The van der Waals surface area contributed by atoms with Gasteiger partial charge >= 0.3 is 0 Å². The number of nitrogens with zero attached hydrogens (tertiary/aromatic N) is 1. The van der Waals surface area contributed by atoms with Crippen LogP contribution >= 0.6 is 27.5 Å². The van der Waals surface area contributed by atoms with Crippen LogP contribution in [0.25, 0.3) is 0 Å².